The maximum absolute atomic E-state index is 5.99. The Bertz CT molecular complexity index is 571. The Labute approximate surface area is 130 Å². The lowest BCUT2D eigenvalue weighted by atomic mass is 10.3. The van der Waals surface area contributed by atoms with Crippen molar-refractivity contribution in [2.24, 2.45) is 0 Å². The van der Waals surface area contributed by atoms with Crippen LogP contribution in [-0.4, -0.2) is 41.5 Å². The Morgan fingerprint density at radius 3 is 2.86 bits per heavy atom. The molecule has 0 aromatic carbocycles. The number of alkyl halides is 1. The Balaban J connectivity index is 1.91. The molecule has 0 radical (unpaired) electrons. The second kappa shape index (κ2) is 8.32. The first kappa shape index (κ1) is 16.2. The summed E-state index contributed by atoms with van der Waals surface area (Å²) in [6, 6.07) is 2.04. The number of halogens is 1. The zero-order valence-electron chi connectivity index (χ0n) is 12.6. The van der Waals surface area contributed by atoms with Crippen LogP contribution >= 0.6 is 11.6 Å². The van der Waals surface area contributed by atoms with Crippen molar-refractivity contribution in [1.29, 1.82) is 0 Å². The highest BCUT2D eigenvalue weighted by molar-refractivity contribution is 6.16. The van der Waals surface area contributed by atoms with E-state index in [2.05, 4.69) is 14.5 Å². The number of unbranched alkanes of at least 4 members (excludes halogenated alkanes) is 1. The van der Waals surface area contributed by atoms with Crippen molar-refractivity contribution in [3.05, 3.63) is 23.7 Å². The van der Waals surface area contributed by atoms with E-state index in [9.17, 15) is 0 Å². The largest absolute Gasteiger partial charge is 0.382 e. The van der Waals surface area contributed by atoms with Crippen molar-refractivity contribution < 1.29 is 9.47 Å². The molecule has 0 amide bonds. The molecule has 2 rings (SSSR count). The first-order valence-electron chi connectivity index (χ1n) is 7.20. The third-order valence-corrected chi connectivity index (χ3v) is 3.51. The van der Waals surface area contributed by atoms with Gasteiger partial charge in [0.15, 0.2) is 5.65 Å². The van der Waals surface area contributed by atoms with Crippen LogP contribution in [0.15, 0.2) is 12.3 Å². The smallest absolute Gasteiger partial charge is 0.160 e. The van der Waals surface area contributed by atoms with E-state index in [4.69, 9.17) is 21.1 Å². The number of ether oxygens (including phenoxy) is 2. The average molecular weight is 312 g/mol. The predicted molar refractivity (Wildman–Crippen MR) is 83.8 cm³/mol. The second-order valence-corrected chi connectivity index (χ2v) is 5.25. The van der Waals surface area contributed by atoms with E-state index in [1.165, 1.54) is 0 Å². The summed E-state index contributed by atoms with van der Waals surface area (Å²) in [6.45, 7) is 4.92. The summed E-state index contributed by atoms with van der Waals surface area (Å²) in [5.41, 5.74) is 2.94. The lowest BCUT2D eigenvalue weighted by Gasteiger charge is -2.07. The maximum Gasteiger partial charge on any atom is 0.160 e. The van der Waals surface area contributed by atoms with Crippen LogP contribution in [-0.2, 0) is 21.9 Å². The van der Waals surface area contributed by atoms with E-state index in [1.54, 1.807) is 7.11 Å². The topological polar surface area (TPSA) is 49.2 Å². The van der Waals surface area contributed by atoms with Gasteiger partial charge in [0.2, 0.25) is 0 Å². The van der Waals surface area contributed by atoms with Crippen LogP contribution in [0, 0.1) is 6.92 Å². The van der Waals surface area contributed by atoms with Gasteiger partial charge in [-0.2, -0.15) is 0 Å². The first-order valence-corrected chi connectivity index (χ1v) is 7.74. The monoisotopic (exact) mass is 311 g/mol. The zero-order valence-corrected chi connectivity index (χ0v) is 13.4. The van der Waals surface area contributed by atoms with Crippen molar-refractivity contribution in [3.8, 4) is 0 Å². The minimum Gasteiger partial charge on any atom is -0.382 e. The number of hydrogen-bond acceptors (Lipinski definition) is 4. The number of hydrogen-bond donors (Lipinski definition) is 0. The molecule has 0 atom stereocenters. The van der Waals surface area contributed by atoms with Crippen LogP contribution in [0.3, 0.4) is 0 Å². The van der Waals surface area contributed by atoms with Gasteiger partial charge < -0.3 is 14.0 Å². The van der Waals surface area contributed by atoms with Gasteiger partial charge in [-0.25, -0.2) is 9.97 Å². The van der Waals surface area contributed by atoms with Crippen LogP contribution in [0.25, 0.3) is 11.2 Å². The summed E-state index contributed by atoms with van der Waals surface area (Å²) in [5, 5.41) is 0. The third kappa shape index (κ3) is 4.40. The molecule has 2 aromatic heterocycles. The molecular formula is C15H22ClN3O2. The molecule has 6 heteroatoms. The number of methoxy groups -OCH3 is 1. The minimum atomic E-state index is 0.403. The van der Waals surface area contributed by atoms with E-state index in [1.807, 2.05) is 19.2 Å². The number of pyridine rings is 1. The van der Waals surface area contributed by atoms with Crippen molar-refractivity contribution in [2.45, 2.75) is 32.2 Å². The van der Waals surface area contributed by atoms with Crippen LogP contribution in [0.4, 0.5) is 0 Å². The summed E-state index contributed by atoms with van der Waals surface area (Å²) < 4.78 is 12.5. The van der Waals surface area contributed by atoms with Crippen molar-refractivity contribution in [3.63, 3.8) is 0 Å². The summed E-state index contributed by atoms with van der Waals surface area (Å²) in [5.74, 6) is 1.28. The summed E-state index contributed by atoms with van der Waals surface area (Å²) in [7, 11) is 1.68. The van der Waals surface area contributed by atoms with Crippen molar-refractivity contribution in [2.75, 3.05) is 26.9 Å². The van der Waals surface area contributed by atoms with Crippen molar-refractivity contribution in [1.82, 2.24) is 14.5 Å². The Morgan fingerprint density at radius 1 is 1.24 bits per heavy atom. The van der Waals surface area contributed by atoms with Gasteiger partial charge >= 0.3 is 0 Å². The van der Waals surface area contributed by atoms with E-state index in [0.29, 0.717) is 19.1 Å². The molecule has 5 nitrogen and oxygen atoms in total. The highest BCUT2D eigenvalue weighted by Crippen LogP contribution is 2.17. The number of aryl methyl sites for hydroxylation is 2. The van der Waals surface area contributed by atoms with Crippen molar-refractivity contribution >= 4 is 22.8 Å². The molecule has 21 heavy (non-hydrogen) atoms. The summed E-state index contributed by atoms with van der Waals surface area (Å²) in [4.78, 5) is 9.03. The molecule has 0 fully saturated rings. The van der Waals surface area contributed by atoms with E-state index in [0.717, 1.165) is 48.5 Å². The normalized spacial score (nSPS) is 11.4. The number of aromatic nitrogens is 3. The molecule has 0 saturated heterocycles. The molecule has 0 spiro atoms. The average Bonchev–Trinajstić information content (AvgIpc) is 2.83. The summed E-state index contributed by atoms with van der Waals surface area (Å²) >= 11 is 5.99. The summed E-state index contributed by atoms with van der Waals surface area (Å²) in [6.07, 6.45) is 3.88. The molecule has 0 unspecified atom stereocenters. The van der Waals surface area contributed by atoms with Gasteiger partial charge in [-0.05, 0) is 31.4 Å². The fraction of sp³-hybridized carbons (Fsp3) is 0.600. The number of imidazole rings is 1. The molecule has 2 aromatic rings. The Morgan fingerprint density at radius 2 is 2.10 bits per heavy atom. The lowest BCUT2D eigenvalue weighted by Crippen LogP contribution is -2.06. The van der Waals surface area contributed by atoms with Crippen LogP contribution in [0.2, 0.25) is 0 Å². The molecule has 0 aliphatic carbocycles. The van der Waals surface area contributed by atoms with Crippen LogP contribution < -0.4 is 0 Å². The fourth-order valence-corrected chi connectivity index (χ4v) is 2.42. The van der Waals surface area contributed by atoms with Gasteiger partial charge in [-0.15, -0.1) is 11.6 Å². The highest BCUT2D eigenvalue weighted by atomic mass is 35.5. The predicted octanol–water partition coefficient (Wildman–Crippen LogP) is 2.92. The van der Waals surface area contributed by atoms with Gasteiger partial charge in [0.05, 0.1) is 19.1 Å². The quantitative estimate of drug-likeness (QED) is 0.528. The number of rotatable bonds is 9. The van der Waals surface area contributed by atoms with Gasteiger partial charge in [-0.3, -0.25) is 0 Å². The highest BCUT2D eigenvalue weighted by Gasteiger charge is 2.10. The molecule has 0 bridgehead atoms. The van der Waals surface area contributed by atoms with Gasteiger partial charge in [-0.1, -0.05) is 0 Å². The molecule has 116 valence electrons. The second-order valence-electron chi connectivity index (χ2n) is 4.98. The van der Waals surface area contributed by atoms with Gasteiger partial charge in [0, 0.05) is 26.5 Å². The Hall–Kier alpha value is -1.17. The molecular weight excluding hydrogens is 290 g/mol. The standard InChI is InChI=1S/C15H22ClN3O2/c1-12-9-13-15(17-11-12)19(14(10-16)18-13)5-3-4-6-21-8-7-20-2/h9,11H,3-8,10H2,1-2H3. The zero-order chi connectivity index (χ0) is 15.1. The SMILES string of the molecule is COCCOCCCCn1c(CCl)nc2cc(C)cnc21. The minimum absolute atomic E-state index is 0.403. The molecule has 0 aliphatic heterocycles. The van der Waals surface area contributed by atoms with E-state index >= 15 is 0 Å². The number of nitrogens with zero attached hydrogens (tertiary/aromatic N) is 3. The molecule has 0 N–H and O–H groups in total. The lowest BCUT2D eigenvalue weighted by molar-refractivity contribution is 0.0684. The van der Waals surface area contributed by atoms with Crippen LogP contribution in [0.1, 0.15) is 24.2 Å². The number of fused-ring (bicyclic) bond motifs is 1. The first-order chi connectivity index (χ1) is 10.3. The van der Waals surface area contributed by atoms with E-state index in [-0.39, 0.29) is 0 Å². The fourth-order valence-electron chi connectivity index (χ4n) is 2.21. The molecule has 0 aliphatic rings. The molecule has 0 saturated carbocycles. The van der Waals surface area contributed by atoms with Gasteiger partial charge in [0.25, 0.3) is 0 Å². The van der Waals surface area contributed by atoms with Crippen LogP contribution in [0.5, 0.6) is 0 Å². The van der Waals surface area contributed by atoms with E-state index < -0.39 is 0 Å². The maximum atomic E-state index is 5.99. The Kier molecular flexibility index (Phi) is 6.42. The third-order valence-electron chi connectivity index (χ3n) is 3.27. The molecule has 2 heterocycles. The van der Waals surface area contributed by atoms with Gasteiger partial charge in [0.1, 0.15) is 11.3 Å².